The van der Waals surface area contributed by atoms with Crippen molar-refractivity contribution in [3.8, 4) is 10.4 Å². The number of β-amino-alcohol motifs (C(OH)–C–C–N with tert-alkyl or cyclic N) is 1. The number of nitrogens with two attached hydrogens (primary N) is 1. The summed E-state index contributed by atoms with van der Waals surface area (Å²) < 4.78 is 1.55. The van der Waals surface area contributed by atoms with Crippen LogP contribution in [0.5, 0.6) is 0 Å². The molecular weight excluding hydrogens is 1030 g/mol. The van der Waals surface area contributed by atoms with Crippen LogP contribution in [0.25, 0.3) is 10.4 Å². The average Bonchev–Trinajstić information content (AvgIpc) is 4.17. The maximum absolute atomic E-state index is 14.4. The van der Waals surface area contributed by atoms with Crippen LogP contribution >= 0.6 is 34.7 Å². The number of amides is 3. The van der Waals surface area contributed by atoms with Gasteiger partial charge in [-0.15, -0.1) is 16.4 Å². The van der Waals surface area contributed by atoms with Crippen molar-refractivity contribution in [3.05, 3.63) is 82.1 Å². The van der Waals surface area contributed by atoms with Crippen molar-refractivity contribution in [2.45, 2.75) is 120 Å². The molecule has 4 aromatic heterocycles. The summed E-state index contributed by atoms with van der Waals surface area (Å²) in [6, 6.07) is 7.93. The fourth-order valence-electron chi connectivity index (χ4n) is 10.9. The van der Waals surface area contributed by atoms with Gasteiger partial charge in [-0.1, -0.05) is 73.6 Å². The minimum atomic E-state index is -1.54. The minimum Gasteiger partial charge on any atom is -0.391 e. The Morgan fingerprint density at radius 2 is 1.64 bits per heavy atom. The Bertz CT molecular complexity index is 2830. The predicted molar refractivity (Wildman–Crippen MR) is 292 cm³/mol. The van der Waals surface area contributed by atoms with Crippen molar-refractivity contribution >= 4 is 64.1 Å². The minimum absolute atomic E-state index is 0.0345. The van der Waals surface area contributed by atoms with Gasteiger partial charge in [-0.2, -0.15) is 0 Å². The number of likely N-dealkylation sites (tertiary alicyclic amines) is 1. The number of pyridine rings is 1. The summed E-state index contributed by atoms with van der Waals surface area (Å²) in [5, 5.41) is 45.6. The first-order valence-corrected chi connectivity index (χ1v) is 28.4. The number of anilines is 2. The summed E-state index contributed by atoms with van der Waals surface area (Å²) in [5.41, 5.74) is 10.5. The van der Waals surface area contributed by atoms with Gasteiger partial charge < -0.3 is 46.0 Å². The second-order valence-corrected chi connectivity index (χ2v) is 23.8. The van der Waals surface area contributed by atoms with Crippen molar-refractivity contribution in [2.75, 3.05) is 81.8 Å². The van der Waals surface area contributed by atoms with Gasteiger partial charge in [0.2, 0.25) is 11.8 Å². The van der Waals surface area contributed by atoms with Crippen LogP contribution in [-0.4, -0.2) is 172 Å². The van der Waals surface area contributed by atoms with E-state index in [9.17, 15) is 29.7 Å². The van der Waals surface area contributed by atoms with Crippen LogP contribution < -0.4 is 20.9 Å². The third-order valence-electron chi connectivity index (χ3n) is 15.7. The molecular formula is C53H71ClN14O6S2. The number of halogens is 1. The van der Waals surface area contributed by atoms with Crippen LogP contribution in [0.2, 0.25) is 5.02 Å². The molecule has 0 saturated carbocycles. The van der Waals surface area contributed by atoms with E-state index in [1.165, 1.54) is 16.7 Å². The second-order valence-electron chi connectivity index (χ2n) is 21.5. The lowest BCUT2D eigenvalue weighted by atomic mass is 9.80. The number of hydrogen-bond donors (Lipinski definition) is 5. The van der Waals surface area contributed by atoms with Crippen LogP contribution in [0.3, 0.4) is 0 Å². The van der Waals surface area contributed by atoms with Crippen molar-refractivity contribution in [3.63, 3.8) is 0 Å². The highest BCUT2D eigenvalue weighted by atomic mass is 35.5. The number of piperazine rings is 1. The third kappa shape index (κ3) is 12.2. The Balaban J connectivity index is 0.805. The molecule has 1 aromatic carbocycles. The molecule has 0 aliphatic carbocycles. The van der Waals surface area contributed by atoms with Gasteiger partial charge in [-0.05, 0) is 68.2 Å². The number of aromatic nitrogens is 7. The number of carbonyl (C=O) groups is 3. The molecule has 0 spiro atoms. The first kappa shape index (κ1) is 55.4. The number of rotatable bonds is 17. The maximum atomic E-state index is 14.4. The Morgan fingerprint density at radius 3 is 2.28 bits per heavy atom. The first-order chi connectivity index (χ1) is 36.5. The molecule has 20 nitrogen and oxygen atoms in total. The molecule has 9 rings (SSSR count). The summed E-state index contributed by atoms with van der Waals surface area (Å²) in [4.78, 5) is 72.7. The maximum Gasteiger partial charge on any atom is 0.254 e. The Kier molecular flexibility index (Phi) is 17.3. The number of nitrogens with zero attached hydrogens (tertiary/aromatic N) is 12. The summed E-state index contributed by atoms with van der Waals surface area (Å²) >= 11 is 9.93. The van der Waals surface area contributed by atoms with E-state index in [1.807, 2.05) is 61.5 Å². The number of aliphatic hydroxyl groups is 3. The van der Waals surface area contributed by atoms with Crippen LogP contribution in [0.1, 0.15) is 94.0 Å². The molecule has 23 heteroatoms. The molecule has 6 N–H and O–H groups in total. The number of thiazole rings is 1. The third-order valence-corrected chi connectivity index (χ3v) is 18.2. The molecule has 4 atom stereocenters. The normalized spacial score (nSPS) is 20.8. The number of aryl methyl sites for hydroxylation is 2. The quantitative estimate of drug-likeness (QED) is 0.0851. The topological polar surface area (TPSA) is 248 Å². The van der Waals surface area contributed by atoms with Gasteiger partial charge in [-0.25, -0.2) is 24.6 Å². The zero-order valence-electron chi connectivity index (χ0n) is 44.0. The van der Waals surface area contributed by atoms with E-state index in [1.54, 1.807) is 46.4 Å². The molecule has 0 radical (unpaired) electrons. The predicted octanol–water partition coefficient (Wildman–Crippen LogP) is 4.65. The van der Waals surface area contributed by atoms with Crippen molar-refractivity contribution < 1.29 is 29.7 Å². The van der Waals surface area contributed by atoms with Gasteiger partial charge in [0.05, 0.1) is 51.7 Å². The molecule has 4 fully saturated rings. The summed E-state index contributed by atoms with van der Waals surface area (Å²) in [7, 11) is 0. The van der Waals surface area contributed by atoms with E-state index >= 15 is 0 Å². The highest BCUT2D eigenvalue weighted by molar-refractivity contribution is 7.99. The molecule has 408 valence electrons. The zero-order chi connectivity index (χ0) is 53.9. The lowest BCUT2D eigenvalue weighted by molar-refractivity contribution is -0.155. The van der Waals surface area contributed by atoms with Gasteiger partial charge in [0.1, 0.15) is 34.2 Å². The molecule has 0 bridgehead atoms. The number of piperidine rings is 2. The number of nitrogens with one attached hydrogen (secondary N) is 1. The zero-order valence-corrected chi connectivity index (χ0v) is 46.4. The standard InChI is InChI=1S/C53H71ClN14O6S2/c1-33(2)45(68-28-34(3)61-62-68)50(72)67-29-38(70)26-41(67)49(71)60-39(36-6-8-37(9-7-36)46-35(4)58-32-75-46)11-17-63-22-24-66(25-23-63)51(73)53(74)14-20-65(21-15-53)48-44(54)42(10-16-56-48)76-43-27-57-47(40(30-69)59-43)64-18-12-52(5,31-55)13-19-64/h6-10,16,27-28,32-33,38-39,41,45,69-70,74H,11-15,17-26,29-31,55H2,1-5H3,(H,60,71)/t38-,39+,41+,45+/m1/s1. The highest BCUT2D eigenvalue weighted by Gasteiger charge is 2.45. The SMILES string of the molecule is Cc1cn([C@H](C(=O)N2C[C@H](O)C[C@H]2C(=O)N[C@@H](CCN2CCN(C(=O)C3(O)CCN(c4nccc(Sc5cnc(N6CCC(C)(CN)CC6)c(CO)n5)c4Cl)CC3)CC2)c2ccc(-c3scnc3C)cc2)C(C)C)nn1. The summed E-state index contributed by atoms with van der Waals surface area (Å²) in [5.74, 6) is 0.169. The van der Waals surface area contributed by atoms with Gasteiger partial charge in [0.25, 0.3) is 5.91 Å². The molecule has 5 aromatic rings. The number of benzene rings is 1. The molecule has 8 heterocycles. The van der Waals surface area contributed by atoms with Gasteiger partial charge in [-0.3, -0.25) is 19.3 Å². The number of carbonyl (C=O) groups excluding carboxylic acids is 3. The van der Waals surface area contributed by atoms with Crippen LogP contribution in [0.4, 0.5) is 11.6 Å². The number of aliphatic hydroxyl groups excluding tert-OH is 2. The fraction of sp³-hybridized carbons (Fsp3) is 0.566. The molecule has 4 aliphatic heterocycles. The monoisotopic (exact) mass is 1100 g/mol. The number of hydrogen-bond acceptors (Lipinski definition) is 18. The van der Waals surface area contributed by atoms with Gasteiger partial charge in [0, 0.05) is 102 Å². The largest absolute Gasteiger partial charge is 0.391 e. The van der Waals surface area contributed by atoms with Crippen molar-refractivity contribution in [1.29, 1.82) is 0 Å². The van der Waals surface area contributed by atoms with Gasteiger partial charge >= 0.3 is 0 Å². The first-order valence-electron chi connectivity index (χ1n) is 26.4. The average molecular weight is 1100 g/mol. The van der Waals surface area contributed by atoms with Crippen LogP contribution in [-0.2, 0) is 21.0 Å². The molecule has 76 heavy (non-hydrogen) atoms. The van der Waals surface area contributed by atoms with E-state index in [0.29, 0.717) is 91.9 Å². The molecule has 3 amide bonds. The summed E-state index contributed by atoms with van der Waals surface area (Å²) in [6.45, 7) is 15.2. The smallest absolute Gasteiger partial charge is 0.254 e. The lowest BCUT2D eigenvalue weighted by Crippen LogP contribution is -2.59. The van der Waals surface area contributed by atoms with Crippen molar-refractivity contribution in [2.24, 2.45) is 17.1 Å². The molecule has 0 unspecified atom stereocenters. The van der Waals surface area contributed by atoms with Crippen molar-refractivity contribution in [1.82, 2.24) is 54.9 Å². The van der Waals surface area contributed by atoms with E-state index < -0.39 is 29.8 Å². The lowest BCUT2D eigenvalue weighted by Gasteiger charge is -2.43. The van der Waals surface area contributed by atoms with E-state index in [2.05, 4.69) is 42.3 Å². The second kappa shape index (κ2) is 23.7. The Labute approximate surface area is 457 Å². The highest BCUT2D eigenvalue weighted by Crippen LogP contribution is 2.40. The fourth-order valence-corrected chi connectivity index (χ4v) is 12.9. The van der Waals surface area contributed by atoms with Gasteiger partial charge in [0.15, 0.2) is 5.82 Å². The van der Waals surface area contributed by atoms with Crippen LogP contribution in [0.15, 0.2) is 64.4 Å². The Hall–Kier alpha value is -5.33. The van der Waals surface area contributed by atoms with E-state index in [4.69, 9.17) is 27.3 Å². The Morgan fingerprint density at radius 1 is 0.947 bits per heavy atom. The van der Waals surface area contributed by atoms with E-state index in [-0.39, 0.29) is 61.5 Å². The summed E-state index contributed by atoms with van der Waals surface area (Å²) in [6.07, 6.45) is 7.19. The van der Waals surface area contributed by atoms with E-state index in [0.717, 1.165) is 52.5 Å². The molecule has 4 saturated heterocycles. The van der Waals surface area contributed by atoms with Crippen LogP contribution in [0, 0.1) is 25.2 Å². The molecule has 4 aliphatic rings.